The Morgan fingerprint density at radius 3 is 2.36 bits per heavy atom. The lowest BCUT2D eigenvalue weighted by atomic mass is 10.0. The van der Waals surface area contributed by atoms with Crippen LogP contribution in [0.15, 0.2) is 48.2 Å². The van der Waals surface area contributed by atoms with Gasteiger partial charge in [-0.05, 0) is 57.5 Å². The van der Waals surface area contributed by atoms with Crippen molar-refractivity contribution < 1.29 is 28.5 Å². The number of carbonyl (C=O) groups is 2. The Morgan fingerprint density at radius 2 is 1.67 bits per heavy atom. The summed E-state index contributed by atoms with van der Waals surface area (Å²) in [6, 6.07) is 12.4. The summed E-state index contributed by atoms with van der Waals surface area (Å²) < 4.78 is 22.1. The summed E-state index contributed by atoms with van der Waals surface area (Å²) in [5.41, 5.74) is 1.76. The molecule has 1 N–H and O–H groups in total. The first-order valence-corrected chi connectivity index (χ1v) is 11.0. The summed E-state index contributed by atoms with van der Waals surface area (Å²) in [7, 11) is 0. The van der Waals surface area contributed by atoms with Crippen LogP contribution in [0.1, 0.15) is 33.3 Å². The smallest absolute Gasteiger partial charge is 0.278 e. The fraction of sp³-hybridized carbons (Fsp3) is 0.360. The minimum Gasteiger partial charge on any atom is -0.491 e. The number of amides is 2. The highest BCUT2D eigenvalue weighted by molar-refractivity contribution is 6.36. The zero-order chi connectivity index (χ0) is 23.5. The number of nitrogens with one attached hydrogen (secondary N) is 1. The zero-order valence-electron chi connectivity index (χ0n) is 19.2. The topological polar surface area (TPSA) is 86.3 Å². The first-order valence-electron chi connectivity index (χ1n) is 11.0. The second kappa shape index (κ2) is 9.54. The van der Waals surface area contributed by atoms with E-state index in [0.29, 0.717) is 34.1 Å². The second-order valence-corrected chi connectivity index (χ2v) is 8.32. The van der Waals surface area contributed by atoms with Crippen LogP contribution in [0, 0.1) is 0 Å². The maximum atomic E-state index is 13.3. The molecule has 0 aromatic heterocycles. The number of imide groups is 1. The lowest BCUT2D eigenvalue weighted by Crippen LogP contribution is -2.35. The van der Waals surface area contributed by atoms with Crippen LogP contribution in [-0.2, 0) is 14.3 Å². The molecule has 2 aromatic rings. The second-order valence-electron chi connectivity index (χ2n) is 8.32. The molecule has 0 aliphatic carbocycles. The van der Waals surface area contributed by atoms with Gasteiger partial charge < -0.3 is 24.3 Å². The molecule has 33 heavy (non-hydrogen) atoms. The van der Waals surface area contributed by atoms with Gasteiger partial charge in [0.25, 0.3) is 11.8 Å². The van der Waals surface area contributed by atoms with Gasteiger partial charge in [0.2, 0.25) is 6.79 Å². The number of rotatable bonds is 9. The van der Waals surface area contributed by atoms with Crippen LogP contribution in [0.4, 0.5) is 5.69 Å². The Morgan fingerprint density at radius 1 is 0.939 bits per heavy atom. The fourth-order valence-corrected chi connectivity index (χ4v) is 3.63. The van der Waals surface area contributed by atoms with Crippen LogP contribution in [0.3, 0.4) is 0 Å². The molecule has 0 bridgehead atoms. The third-order valence-corrected chi connectivity index (χ3v) is 5.09. The molecule has 0 fully saturated rings. The molecule has 2 amide bonds. The molecule has 0 unspecified atom stereocenters. The largest absolute Gasteiger partial charge is 0.491 e. The number of ether oxygens (including phenoxy) is 4. The van der Waals surface area contributed by atoms with Gasteiger partial charge >= 0.3 is 0 Å². The fourth-order valence-electron chi connectivity index (χ4n) is 3.63. The molecule has 4 rings (SSSR count). The Kier molecular flexibility index (Phi) is 6.55. The molecule has 0 saturated heterocycles. The van der Waals surface area contributed by atoms with Crippen molar-refractivity contribution in [1.82, 2.24) is 4.90 Å². The summed E-state index contributed by atoms with van der Waals surface area (Å²) in [6.45, 7) is 8.29. The predicted octanol–water partition coefficient (Wildman–Crippen LogP) is 3.82. The molecular formula is C25H28N2O6. The van der Waals surface area contributed by atoms with E-state index in [9.17, 15) is 9.59 Å². The van der Waals surface area contributed by atoms with Crippen molar-refractivity contribution in [1.29, 1.82) is 0 Å². The van der Waals surface area contributed by atoms with Gasteiger partial charge in [0.15, 0.2) is 11.5 Å². The predicted molar refractivity (Wildman–Crippen MR) is 123 cm³/mol. The highest BCUT2D eigenvalue weighted by Gasteiger charge is 2.39. The Balaban J connectivity index is 1.65. The molecule has 2 aliphatic rings. The van der Waals surface area contributed by atoms with Crippen molar-refractivity contribution >= 4 is 23.1 Å². The highest BCUT2D eigenvalue weighted by atomic mass is 16.7. The number of nitrogens with zero attached hydrogens (tertiary/aromatic N) is 1. The molecule has 2 heterocycles. The third-order valence-electron chi connectivity index (χ3n) is 5.09. The van der Waals surface area contributed by atoms with E-state index in [1.54, 1.807) is 42.5 Å². The van der Waals surface area contributed by atoms with Gasteiger partial charge in [-0.3, -0.25) is 14.5 Å². The maximum Gasteiger partial charge on any atom is 0.278 e. The zero-order valence-corrected chi connectivity index (χ0v) is 19.2. The summed E-state index contributed by atoms with van der Waals surface area (Å²) >= 11 is 0. The van der Waals surface area contributed by atoms with Crippen LogP contribution in [-0.4, -0.2) is 48.9 Å². The van der Waals surface area contributed by atoms with Gasteiger partial charge in [-0.2, -0.15) is 0 Å². The number of carbonyl (C=O) groups excluding carboxylic acids is 2. The van der Waals surface area contributed by atoms with Crippen LogP contribution in [0.25, 0.3) is 5.57 Å². The molecule has 2 aliphatic heterocycles. The molecule has 2 aromatic carbocycles. The quantitative estimate of drug-likeness (QED) is 0.579. The van der Waals surface area contributed by atoms with E-state index in [1.165, 1.54) is 4.90 Å². The number of benzene rings is 2. The van der Waals surface area contributed by atoms with E-state index in [0.717, 1.165) is 0 Å². The van der Waals surface area contributed by atoms with Crippen LogP contribution < -0.4 is 19.5 Å². The Hall–Kier alpha value is -3.52. The van der Waals surface area contributed by atoms with Gasteiger partial charge in [-0.15, -0.1) is 0 Å². The average molecular weight is 453 g/mol. The van der Waals surface area contributed by atoms with Crippen LogP contribution in [0.5, 0.6) is 17.2 Å². The minimum atomic E-state index is -0.400. The summed E-state index contributed by atoms with van der Waals surface area (Å²) in [4.78, 5) is 27.8. The maximum absolute atomic E-state index is 13.3. The van der Waals surface area contributed by atoms with E-state index >= 15 is 0 Å². The Labute approximate surface area is 193 Å². The van der Waals surface area contributed by atoms with Crippen LogP contribution >= 0.6 is 0 Å². The van der Waals surface area contributed by atoms with E-state index in [2.05, 4.69) is 5.32 Å². The number of anilines is 1. The van der Waals surface area contributed by atoms with Gasteiger partial charge in [-0.1, -0.05) is 12.1 Å². The average Bonchev–Trinajstić information content (AvgIpc) is 3.32. The molecular weight excluding hydrogens is 424 g/mol. The van der Waals surface area contributed by atoms with Crippen molar-refractivity contribution in [3.8, 4) is 17.2 Å². The number of hydrogen-bond donors (Lipinski definition) is 1. The van der Waals surface area contributed by atoms with Crippen molar-refractivity contribution in [3.05, 3.63) is 53.7 Å². The van der Waals surface area contributed by atoms with Crippen molar-refractivity contribution in [2.75, 3.05) is 25.3 Å². The summed E-state index contributed by atoms with van der Waals surface area (Å²) in [6.07, 6.45) is 0.0365. The first-order chi connectivity index (χ1) is 15.8. The van der Waals surface area contributed by atoms with Gasteiger partial charge in [0.05, 0.1) is 30.9 Å². The first kappa shape index (κ1) is 22.7. The third kappa shape index (κ3) is 4.96. The van der Waals surface area contributed by atoms with E-state index in [1.807, 2.05) is 27.7 Å². The lowest BCUT2D eigenvalue weighted by Gasteiger charge is -2.16. The lowest BCUT2D eigenvalue weighted by molar-refractivity contribution is -0.137. The van der Waals surface area contributed by atoms with Crippen LogP contribution in [0.2, 0.25) is 0 Å². The van der Waals surface area contributed by atoms with Crippen molar-refractivity contribution in [3.63, 3.8) is 0 Å². The Bertz CT molecular complexity index is 1070. The number of fused-ring (bicyclic) bond motifs is 1. The van der Waals surface area contributed by atoms with E-state index in [4.69, 9.17) is 18.9 Å². The minimum absolute atomic E-state index is 0.00460. The molecule has 0 radical (unpaired) electrons. The molecule has 0 spiro atoms. The summed E-state index contributed by atoms with van der Waals surface area (Å²) in [5.74, 6) is 1.14. The van der Waals surface area contributed by atoms with Crippen molar-refractivity contribution in [2.24, 2.45) is 0 Å². The highest BCUT2D eigenvalue weighted by Crippen LogP contribution is 2.36. The van der Waals surface area contributed by atoms with Gasteiger partial charge in [-0.25, -0.2) is 0 Å². The van der Waals surface area contributed by atoms with Gasteiger partial charge in [0.1, 0.15) is 11.4 Å². The molecule has 0 atom stereocenters. The molecule has 0 saturated carbocycles. The van der Waals surface area contributed by atoms with Gasteiger partial charge in [0, 0.05) is 11.8 Å². The monoisotopic (exact) mass is 452 g/mol. The summed E-state index contributed by atoms with van der Waals surface area (Å²) in [5, 5.41) is 3.14. The van der Waals surface area contributed by atoms with E-state index < -0.39 is 5.91 Å². The molecule has 8 nitrogen and oxygen atoms in total. The number of hydrogen-bond acceptors (Lipinski definition) is 7. The standard InChI is InChI=1S/C25H28N2O6/c1-15(2)30-12-11-27-24(28)22(17-5-8-19(9-6-17)33-16(3)4)23(25(27)29)26-18-7-10-20-21(13-18)32-14-31-20/h5-10,13,15-16,26H,11-12,14H2,1-4H3. The normalized spacial score (nSPS) is 15.3. The van der Waals surface area contributed by atoms with Crippen molar-refractivity contribution in [2.45, 2.75) is 39.9 Å². The van der Waals surface area contributed by atoms with E-state index in [-0.39, 0.29) is 43.8 Å². The molecule has 174 valence electrons. The molecule has 8 heteroatoms. The SMILES string of the molecule is CC(C)OCCN1C(=O)C(Nc2ccc3c(c2)OCO3)=C(c2ccc(OC(C)C)cc2)C1=O.